The molecule has 25 heavy (non-hydrogen) atoms. The molecular formula is C17H23F2N3O2S. The van der Waals surface area contributed by atoms with Crippen LogP contribution < -0.4 is 4.74 Å². The second-order valence-corrected chi connectivity index (χ2v) is 6.63. The lowest BCUT2D eigenvalue weighted by molar-refractivity contribution is 0.0574. The van der Waals surface area contributed by atoms with Gasteiger partial charge in [0.1, 0.15) is 12.1 Å². The van der Waals surface area contributed by atoms with E-state index in [4.69, 9.17) is 17.0 Å². The smallest absolute Gasteiger partial charge is 0.216 e. The van der Waals surface area contributed by atoms with Crippen molar-refractivity contribution in [2.24, 2.45) is 5.92 Å². The van der Waals surface area contributed by atoms with Gasteiger partial charge in [-0.1, -0.05) is 13.8 Å². The number of aliphatic hydroxyl groups excluding tert-OH is 1. The largest absolute Gasteiger partial charge is 0.490 e. The molecule has 0 aliphatic rings. The number of hydrogen-bond donors (Lipinski definition) is 2. The summed E-state index contributed by atoms with van der Waals surface area (Å²) in [5, 5.41) is 13.4. The summed E-state index contributed by atoms with van der Waals surface area (Å²) in [6, 6.07) is 2.90. The number of hydrogen-bond acceptors (Lipinski definition) is 4. The maximum atomic E-state index is 13.5. The van der Waals surface area contributed by atoms with Gasteiger partial charge in [-0.2, -0.15) is 0 Å². The number of halogens is 2. The SMILES string of the molecule is CC(C)C(O)C(CCCCOc1cc(F)ccc1F)n1[nH]cnc1=S. The van der Waals surface area contributed by atoms with Crippen molar-refractivity contribution in [3.63, 3.8) is 0 Å². The molecule has 0 amide bonds. The minimum Gasteiger partial charge on any atom is -0.490 e. The summed E-state index contributed by atoms with van der Waals surface area (Å²) < 4.78 is 33.9. The standard InChI is InChI=1S/C17H23F2N3O2S/c1-11(2)16(23)14(22-17(25)20-10-21-22)5-3-4-8-24-15-9-12(18)6-7-13(15)19/h6-7,9-11,14,16,23H,3-5,8H2,1-2H3,(H,20,21,25). The van der Waals surface area contributed by atoms with Gasteiger partial charge in [0.2, 0.25) is 4.77 Å². The lowest BCUT2D eigenvalue weighted by Crippen LogP contribution is -2.29. The summed E-state index contributed by atoms with van der Waals surface area (Å²) in [6.07, 6.45) is 2.95. The van der Waals surface area contributed by atoms with Gasteiger partial charge in [-0.3, -0.25) is 9.78 Å². The molecule has 0 saturated heterocycles. The lowest BCUT2D eigenvalue weighted by atomic mass is 9.95. The van der Waals surface area contributed by atoms with Crippen LogP contribution in [0, 0.1) is 22.3 Å². The van der Waals surface area contributed by atoms with Crippen LogP contribution >= 0.6 is 12.2 Å². The zero-order chi connectivity index (χ0) is 18.4. The maximum Gasteiger partial charge on any atom is 0.216 e. The number of unbranched alkanes of at least 4 members (excludes halogenated alkanes) is 1. The molecule has 0 spiro atoms. The summed E-state index contributed by atoms with van der Waals surface area (Å²) in [4.78, 5) is 3.99. The molecule has 1 aromatic carbocycles. The van der Waals surface area contributed by atoms with Crippen molar-refractivity contribution in [3.05, 3.63) is 40.9 Å². The van der Waals surface area contributed by atoms with Crippen LogP contribution in [0.25, 0.3) is 0 Å². The molecule has 0 radical (unpaired) electrons. The first-order chi connectivity index (χ1) is 11.9. The third-order valence-corrected chi connectivity index (χ3v) is 4.33. The first-order valence-corrected chi connectivity index (χ1v) is 8.68. The number of aromatic nitrogens is 3. The van der Waals surface area contributed by atoms with Crippen LogP contribution in [0.3, 0.4) is 0 Å². The number of benzene rings is 1. The van der Waals surface area contributed by atoms with Gasteiger partial charge in [-0.05, 0) is 49.5 Å². The highest BCUT2D eigenvalue weighted by Crippen LogP contribution is 2.24. The number of rotatable bonds is 9. The molecule has 0 aliphatic heterocycles. The third-order valence-electron chi connectivity index (χ3n) is 4.03. The van der Waals surface area contributed by atoms with Crippen molar-refractivity contribution in [1.29, 1.82) is 0 Å². The molecule has 5 nitrogen and oxygen atoms in total. The van der Waals surface area contributed by atoms with E-state index in [9.17, 15) is 13.9 Å². The first-order valence-electron chi connectivity index (χ1n) is 8.28. The van der Waals surface area contributed by atoms with Gasteiger partial charge in [0.05, 0.1) is 18.8 Å². The average Bonchev–Trinajstić information content (AvgIpc) is 2.99. The van der Waals surface area contributed by atoms with Gasteiger partial charge in [0.15, 0.2) is 11.6 Å². The van der Waals surface area contributed by atoms with Crippen molar-refractivity contribution in [2.75, 3.05) is 6.61 Å². The summed E-state index contributed by atoms with van der Waals surface area (Å²) in [6.45, 7) is 4.14. The van der Waals surface area contributed by atoms with E-state index in [1.807, 2.05) is 13.8 Å². The molecule has 2 atom stereocenters. The highest BCUT2D eigenvalue weighted by atomic mass is 32.1. The second-order valence-electron chi connectivity index (χ2n) is 6.26. The fourth-order valence-electron chi connectivity index (χ4n) is 2.62. The van der Waals surface area contributed by atoms with Gasteiger partial charge in [0, 0.05) is 6.07 Å². The van der Waals surface area contributed by atoms with Crippen molar-refractivity contribution < 1.29 is 18.6 Å². The number of H-pyrrole nitrogens is 1. The zero-order valence-corrected chi connectivity index (χ0v) is 15.1. The first kappa shape index (κ1) is 19.5. The predicted molar refractivity (Wildman–Crippen MR) is 93.0 cm³/mol. The molecule has 0 saturated carbocycles. The molecule has 2 N–H and O–H groups in total. The van der Waals surface area contributed by atoms with E-state index in [0.717, 1.165) is 24.6 Å². The Morgan fingerprint density at radius 1 is 1.32 bits per heavy atom. The van der Waals surface area contributed by atoms with Crippen molar-refractivity contribution >= 4 is 12.2 Å². The quantitative estimate of drug-likeness (QED) is 0.516. The van der Waals surface area contributed by atoms with Crippen molar-refractivity contribution in [3.8, 4) is 5.75 Å². The fraction of sp³-hybridized carbons (Fsp3) is 0.529. The average molecular weight is 371 g/mol. The van der Waals surface area contributed by atoms with E-state index in [1.54, 1.807) is 4.68 Å². The molecule has 138 valence electrons. The van der Waals surface area contributed by atoms with Crippen LogP contribution in [0.4, 0.5) is 8.78 Å². The topological polar surface area (TPSA) is 63.1 Å². The molecule has 1 aromatic heterocycles. The summed E-state index contributed by atoms with van der Waals surface area (Å²) in [7, 11) is 0. The van der Waals surface area contributed by atoms with Crippen LogP contribution in [0.2, 0.25) is 0 Å². The zero-order valence-electron chi connectivity index (χ0n) is 14.3. The van der Waals surface area contributed by atoms with Gasteiger partial charge in [-0.25, -0.2) is 13.8 Å². The minimum absolute atomic E-state index is 0.0628. The molecule has 2 aromatic rings. The van der Waals surface area contributed by atoms with E-state index < -0.39 is 17.7 Å². The third kappa shape index (κ3) is 5.34. The van der Waals surface area contributed by atoms with Gasteiger partial charge < -0.3 is 9.84 Å². The molecule has 2 rings (SSSR count). The number of aromatic amines is 1. The number of nitrogens with one attached hydrogen (secondary N) is 1. The van der Waals surface area contributed by atoms with E-state index in [1.165, 1.54) is 6.33 Å². The van der Waals surface area contributed by atoms with E-state index >= 15 is 0 Å². The highest BCUT2D eigenvalue weighted by Gasteiger charge is 2.24. The van der Waals surface area contributed by atoms with Gasteiger partial charge in [0.25, 0.3) is 0 Å². The molecule has 0 fully saturated rings. The van der Waals surface area contributed by atoms with Gasteiger partial charge >= 0.3 is 0 Å². The highest BCUT2D eigenvalue weighted by molar-refractivity contribution is 7.71. The van der Waals surface area contributed by atoms with Crippen LogP contribution in [0.1, 0.15) is 39.2 Å². The molecule has 1 heterocycles. The van der Waals surface area contributed by atoms with E-state index in [0.29, 0.717) is 17.6 Å². The molecule has 0 bridgehead atoms. The Kier molecular flexibility index (Phi) is 7.07. The normalized spacial score (nSPS) is 13.8. The maximum absolute atomic E-state index is 13.5. The Morgan fingerprint density at radius 3 is 2.72 bits per heavy atom. The lowest BCUT2D eigenvalue weighted by Gasteiger charge is -2.26. The monoisotopic (exact) mass is 371 g/mol. The predicted octanol–water partition coefficient (Wildman–Crippen LogP) is 4.03. The van der Waals surface area contributed by atoms with Crippen LogP contribution in [0.5, 0.6) is 5.75 Å². The van der Waals surface area contributed by atoms with Crippen molar-refractivity contribution in [2.45, 2.75) is 45.3 Å². The van der Waals surface area contributed by atoms with Crippen LogP contribution in [-0.2, 0) is 0 Å². The Bertz CT molecular complexity index is 733. The Hall–Kier alpha value is -1.80. The Balaban J connectivity index is 1.88. The summed E-state index contributed by atoms with van der Waals surface area (Å²) in [5.41, 5.74) is 0. The van der Waals surface area contributed by atoms with E-state index in [-0.39, 0.29) is 24.3 Å². The minimum atomic E-state index is -0.585. The molecular weight excluding hydrogens is 348 g/mol. The molecule has 0 aliphatic carbocycles. The van der Waals surface area contributed by atoms with E-state index in [2.05, 4.69) is 10.1 Å². The van der Waals surface area contributed by atoms with Crippen molar-refractivity contribution in [1.82, 2.24) is 14.8 Å². The molecule has 2 unspecified atom stereocenters. The number of ether oxygens (including phenoxy) is 1. The Morgan fingerprint density at radius 2 is 2.08 bits per heavy atom. The van der Waals surface area contributed by atoms with Crippen LogP contribution in [0.15, 0.2) is 24.5 Å². The number of nitrogens with zero attached hydrogens (tertiary/aromatic N) is 2. The van der Waals surface area contributed by atoms with Gasteiger partial charge in [-0.15, -0.1) is 0 Å². The van der Waals surface area contributed by atoms with Crippen LogP contribution in [-0.4, -0.2) is 32.6 Å². The summed E-state index contributed by atoms with van der Waals surface area (Å²) >= 11 is 5.17. The number of aliphatic hydroxyl groups is 1. The Labute approximate surface area is 150 Å². The fourth-order valence-corrected chi connectivity index (χ4v) is 2.86. The summed E-state index contributed by atoms with van der Waals surface area (Å²) in [5.74, 6) is -1.15. The second kappa shape index (κ2) is 9.05. The molecule has 8 heteroatoms.